The highest BCUT2D eigenvalue weighted by Gasteiger charge is 2.42. The average Bonchev–Trinajstić information content (AvgIpc) is 2.99. The Hall–Kier alpha value is -0.570. The summed E-state index contributed by atoms with van der Waals surface area (Å²) in [6, 6.07) is 0. The van der Waals surface area contributed by atoms with Crippen molar-refractivity contribution in [3.8, 4) is 0 Å². The first-order valence-corrected chi connectivity index (χ1v) is 8.30. The van der Waals surface area contributed by atoms with Crippen molar-refractivity contribution in [1.82, 2.24) is 20.4 Å². The lowest BCUT2D eigenvalue weighted by atomic mass is 9.84. The van der Waals surface area contributed by atoms with Gasteiger partial charge in [0.25, 0.3) is 0 Å². The van der Waals surface area contributed by atoms with E-state index in [4.69, 9.17) is 0 Å². The molecule has 1 aliphatic rings. The summed E-state index contributed by atoms with van der Waals surface area (Å²) in [6.45, 7) is 5.66. The van der Waals surface area contributed by atoms with Gasteiger partial charge in [0, 0.05) is 40.8 Å². The molecule has 23 heavy (non-hydrogen) atoms. The molecular weight excluding hydrogens is 405 g/mol. The van der Waals surface area contributed by atoms with Gasteiger partial charge in [0.1, 0.15) is 0 Å². The number of carbonyl (C=O) groups is 1. The predicted molar refractivity (Wildman–Crippen MR) is 108 cm³/mol. The van der Waals surface area contributed by atoms with E-state index in [1.807, 2.05) is 14.1 Å². The van der Waals surface area contributed by atoms with E-state index in [1.165, 1.54) is 0 Å². The van der Waals surface area contributed by atoms with Crippen molar-refractivity contribution in [2.24, 2.45) is 10.4 Å². The number of aliphatic imine (C=N–C) groups is 1. The molecule has 136 valence electrons. The average molecular weight is 439 g/mol. The number of hydrogen-bond donors (Lipinski definition) is 2. The van der Waals surface area contributed by atoms with Gasteiger partial charge < -0.3 is 20.4 Å². The third kappa shape index (κ3) is 6.82. The van der Waals surface area contributed by atoms with Gasteiger partial charge in [0.2, 0.25) is 5.91 Å². The van der Waals surface area contributed by atoms with Gasteiger partial charge >= 0.3 is 0 Å². The first-order chi connectivity index (χ1) is 10.4. The van der Waals surface area contributed by atoms with Crippen LogP contribution in [0, 0.1) is 5.41 Å². The van der Waals surface area contributed by atoms with Crippen LogP contribution in [-0.2, 0) is 4.79 Å². The topological polar surface area (TPSA) is 60.0 Å². The van der Waals surface area contributed by atoms with Crippen molar-refractivity contribution in [3.63, 3.8) is 0 Å². The monoisotopic (exact) mass is 439 g/mol. The minimum atomic E-state index is -0.263. The van der Waals surface area contributed by atoms with Crippen molar-refractivity contribution >= 4 is 35.8 Å². The van der Waals surface area contributed by atoms with Crippen LogP contribution in [0.15, 0.2) is 4.99 Å². The van der Waals surface area contributed by atoms with Gasteiger partial charge in [0.15, 0.2) is 5.96 Å². The molecule has 0 atom stereocenters. The Labute approximate surface area is 158 Å². The number of nitrogens with zero attached hydrogens (tertiary/aromatic N) is 3. The second-order valence-corrected chi connectivity index (χ2v) is 6.44. The number of hydrogen-bond acceptors (Lipinski definition) is 3. The molecule has 0 bridgehead atoms. The van der Waals surface area contributed by atoms with Gasteiger partial charge in [-0.05, 0) is 26.4 Å². The van der Waals surface area contributed by atoms with Crippen molar-refractivity contribution < 1.29 is 4.79 Å². The smallest absolute Gasteiger partial charge is 0.230 e. The number of rotatable bonds is 7. The number of nitrogens with one attached hydrogen (secondary N) is 2. The van der Waals surface area contributed by atoms with E-state index < -0.39 is 0 Å². The lowest BCUT2D eigenvalue weighted by Gasteiger charge is -2.31. The molecular formula is C16H34IN5O. The highest BCUT2D eigenvalue weighted by molar-refractivity contribution is 14.0. The zero-order valence-corrected chi connectivity index (χ0v) is 17.6. The first kappa shape index (κ1) is 22.4. The number of amides is 1. The van der Waals surface area contributed by atoms with E-state index >= 15 is 0 Å². The molecule has 0 aliphatic heterocycles. The molecule has 0 aromatic heterocycles. The molecule has 7 heteroatoms. The van der Waals surface area contributed by atoms with Crippen LogP contribution < -0.4 is 10.6 Å². The van der Waals surface area contributed by atoms with Crippen molar-refractivity contribution in [1.29, 1.82) is 0 Å². The number of halogens is 1. The van der Waals surface area contributed by atoms with Crippen LogP contribution >= 0.6 is 24.0 Å². The van der Waals surface area contributed by atoms with Crippen molar-refractivity contribution in [3.05, 3.63) is 0 Å². The molecule has 0 unspecified atom stereocenters. The van der Waals surface area contributed by atoms with Crippen LogP contribution in [0.1, 0.15) is 32.6 Å². The summed E-state index contributed by atoms with van der Waals surface area (Å²) in [6.07, 6.45) is 4.20. The lowest BCUT2D eigenvalue weighted by molar-refractivity contribution is -0.138. The summed E-state index contributed by atoms with van der Waals surface area (Å²) in [5.41, 5.74) is -0.263. The standard InChI is InChI=1S/C16H33N5O.HI/c1-6-21(5)12-11-18-15(17-2)19-13-16(9-7-8-10-16)14(22)20(3)4;/h6-13H2,1-5H3,(H2,17,18,19);1H. The van der Waals surface area contributed by atoms with E-state index in [0.29, 0.717) is 6.54 Å². The van der Waals surface area contributed by atoms with Gasteiger partial charge in [-0.3, -0.25) is 9.79 Å². The van der Waals surface area contributed by atoms with Gasteiger partial charge in [-0.15, -0.1) is 24.0 Å². The highest BCUT2D eigenvalue weighted by atomic mass is 127. The minimum absolute atomic E-state index is 0. The molecule has 0 radical (unpaired) electrons. The van der Waals surface area contributed by atoms with Gasteiger partial charge in [-0.1, -0.05) is 19.8 Å². The molecule has 0 heterocycles. The van der Waals surface area contributed by atoms with Crippen LogP contribution in [0.25, 0.3) is 0 Å². The number of carbonyl (C=O) groups excluding carboxylic acids is 1. The lowest BCUT2D eigenvalue weighted by Crippen LogP contribution is -2.49. The maximum absolute atomic E-state index is 12.5. The van der Waals surface area contributed by atoms with E-state index in [0.717, 1.165) is 51.3 Å². The van der Waals surface area contributed by atoms with Gasteiger partial charge in [-0.2, -0.15) is 0 Å². The van der Waals surface area contributed by atoms with Crippen LogP contribution in [0.4, 0.5) is 0 Å². The fraction of sp³-hybridized carbons (Fsp3) is 0.875. The Kier molecular flexibility index (Phi) is 10.8. The molecule has 0 spiro atoms. The first-order valence-electron chi connectivity index (χ1n) is 8.30. The van der Waals surface area contributed by atoms with Crippen molar-refractivity contribution in [2.45, 2.75) is 32.6 Å². The Morgan fingerprint density at radius 2 is 1.78 bits per heavy atom. The van der Waals surface area contributed by atoms with Gasteiger partial charge in [0.05, 0.1) is 5.41 Å². The molecule has 1 aliphatic carbocycles. The summed E-state index contributed by atoms with van der Waals surface area (Å²) in [4.78, 5) is 20.8. The fourth-order valence-electron chi connectivity index (χ4n) is 2.99. The largest absolute Gasteiger partial charge is 0.355 e. The normalized spacial score (nSPS) is 16.9. The van der Waals surface area contributed by atoms with Crippen LogP contribution in [0.3, 0.4) is 0 Å². The van der Waals surface area contributed by atoms with E-state index in [9.17, 15) is 4.79 Å². The molecule has 0 aromatic rings. The maximum Gasteiger partial charge on any atom is 0.230 e. The van der Waals surface area contributed by atoms with E-state index in [2.05, 4.69) is 34.5 Å². The molecule has 2 N–H and O–H groups in total. The number of guanidine groups is 1. The maximum atomic E-state index is 12.5. The third-order valence-electron chi connectivity index (χ3n) is 4.56. The molecule has 1 amide bonds. The Balaban J connectivity index is 0.00000484. The van der Waals surface area contributed by atoms with Crippen LogP contribution in [0.2, 0.25) is 0 Å². The minimum Gasteiger partial charge on any atom is -0.355 e. The third-order valence-corrected chi connectivity index (χ3v) is 4.56. The summed E-state index contributed by atoms with van der Waals surface area (Å²) in [5, 5.41) is 6.67. The Bertz CT molecular complexity index is 381. The SMILES string of the molecule is CCN(C)CCNC(=NC)NCC1(C(=O)N(C)C)CCCC1.I. The molecule has 0 saturated heterocycles. The van der Waals surface area contributed by atoms with E-state index in [1.54, 1.807) is 11.9 Å². The van der Waals surface area contributed by atoms with Gasteiger partial charge in [-0.25, -0.2) is 0 Å². The summed E-state index contributed by atoms with van der Waals surface area (Å²) >= 11 is 0. The van der Waals surface area contributed by atoms with Crippen LogP contribution in [-0.4, -0.2) is 76.0 Å². The molecule has 1 fully saturated rings. The fourth-order valence-corrected chi connectivity index (χ4v) is 2.99. The summed E-state index contributed by atoms with van der Waals surface area (Å²) < 4.78 is 0. The highest BCUT2D eigenvalue weighted by Crippen LogP contribution is 2.38. The second kappa shape index (κ2) is 11.1. The predicted octanol–water partition coefficient (Wildman–Crippen LogP) is 1.37. The second-order valence-electron chi connectivity index (χ2n) is 6.44. The summed E-state index contributed by atoms with van der Waals surface area (Å²) in [5.74, 6) is 1.01. The Morgan fingerprint density at radius 1 is 1.17 bits per heavy atom. The van der Waals surface area contributed by atoms with Crippen LogP contribution in [0.5, 0.6) is 0 Å². The zero-order valence-electron chi connectivity index (χ0n) is 15.3. The summed E-state index contributed by atoms with van der Waals surface area (Å²) in [7, 11) is 7.56. The molecule has 1 rings (SSSR count). The zero-order chi connectivity index (χ0) is 16.6. The molecule has 6 nitrogen and oxygen atoms in total. The number of likely N-dealkylation sites (N-methyl/N-ethyl adjacent to an activating group) is 1. The Morgan fingerprint density at radius 3 is 2.26 bits per heavy atom. The van der Waals surface area contributed by atoms with E-state index in [-0.39, 0.29) is 35.3 Å². The molecule has 1 saturated carbocycles. The molecule has 0 aromatic carbocycles. The quantitative estimate of drug-likeness (QED) is 0.358. The van der Waals surface area contributed by atoms with Crippen molar-refractivity contribution in [2.75, 3.05) is 54.4 Å².